The molecule has 1 aliphatic carbocycles. The highest BCUT2D eigenvalue weighted by Gasteiger charge is 2.32. The van der Waals surface area contributed by atoms with E-state index < -0.39 is 0 Å². The summed E-state index contributed by atoms with van der Waals surface area (Å²) in [4.78, 5) is 12.3. The SMILES string of the molecule is C[C@H]1C[C@@H](C(=O)NCC(C)(C)C2CCCCC2)CCN1.Cl. The van der Waals surface area contributed by atoms with Gasteiger partial charge in [-0.3, -0.25) is 4.79 Å². The first-order valence-electron chi connectivity index (χ1n) is 8.50. The van der Waals surface area contributed by atoms with Crippen LogP contribution in [-0.2, 0) is 4.79 Å². The molecule has 2 rings (SSSR count). The van der Waals surface area contributed by atoms with Crippen LogP contribution in [0.25, 0.3) is 0 Å². The minimum absolute atomic E-state index is 0. The van der Waals surface area contributed by atoms with Crippen LogP contribution in [0.2, 0.25) is 0 Å². The third-order valence-electron chi connectivity index (χ3n) is 5.42. The molecule has 1 heterocycles. The number of amides is 1. The van der Waals surface area contributed by atoms with Crippen LogP contribution < -0.4 is 10.6 Å². The number of halogens is 1. The Balaban J connectivity index is 0.00000220. The molecule has 4 heteroatoms. The van der Waals surface area contributed by atoms with Crippen LogP contribution in [0, 0.1) is 17.3 Å². The molecule has 0 radical (unpaired) electrons. The molecule has 2 atom stereocenters. The average molecular weight is 317 g/mol. The zero-order valence-corrected chi connectivity index (χ0v) is 14.7. The van der Waals surface area contributed by atoms with E-state index in [1.54, 1.807) is 0 Å². The highest BCUT2D eigenvalue weighted by Crippen LogP contribution is 2.37. The highest BCUT2D eigenvalue weighted by molar-refractivity contribution is 5.85. The van der Waals surface area contributed by atoms with Gasteiger partial charge in [0, 0.05) is 18.5 Å². The van der Waals surface area contributed by atoms with Crippen molar-refractivity contribution in [3.63, 3.8) is 0 Å². The van der Waals surface area contributed by atoms with Crippen molar-refractivity contribution in [2.75, 3.05) is 13.1 Å². The van der Waals surface area contributed by atoms with Gasteiger partial charge in [-0.15, -0.1) is 12.4 Å². The molecule has 124 valence electrons. The summed E-state index contributed by atoms with van der Waals surface area (Å²) < 4.78 is 0. The standard InChI is InChI=1S/C17H32N2O.ClH/c1-13-11-14(9-10-18-13)16(20)19-12-17(2,3)15-7-5-4-6-8-15;/h13-15,18H,4-12H2,1-3H3,(H,19,20);1H/t13-,14-;/m0./s1. The maximum absolute atomic E-state index is 12.3. The summed E-state index contributed by atoms with van der Waals surface area (Å²) in [6, 6.07) is 0.478. The minimum Gasteiger partial charge on any atom is -0.355 e. The number of piperidine rings is 1. The summed E-state index contributed by atoms with van der Waals surface area (Å²) in [5.74, 6) is 1.28. The molecular formula is C17H33ClN2O. The fraction of sp³-hybridized carbons (Fsp3) is 0.941. The molecule has 0 spiro atoms. The topological polar surface area (TPSA) is 41.1 Å². The van der Waals surface area contributed by atoms with Crippen molar-refractivity contribution in [1.29, 1.82) is 0 Å². The van der Waals surface area contributed by atoms with Crippen molar-refractivity contribution in [3.8, 4) is 0 Å². The summed E-state index contributed by atoms with van der Waals surface area (Å²) in [6.45, 7) is 8.65. The van der Waals surface area contributed by atoms with Crippen molar-refractivity contribution in [2.45, 2.75) is 71.8 Å². The number of carbonyl (C=O) groups excluding carboxylic acids is 1. The fourth-order valence-electron chi connectivity index (χ4n) is 3.86. The Hall–Kier alpha value is -0.280. The Morgan fingerprint density at radius 3 is 2.48 bits per heavy atom. The molecule has 3 nitrogen and oxygen atoms in total. The molecule has 2 N–H and O–H groups in total. The van der Waals surface area contributed by atoms with Gasteiger partial charge in [0.1, 0.15) is 0 Å². The second-order valence-corrected chi connectivity index (χ2v) is 7.62. The summed E-state index contributed by atoms with van der Waals surface area (Å²) >= 11 is 0. The van der Waals surface area contributed by atoms with Crippen LogP contribution in [0.15, 0.2) is 0 Å². The van der Waals surface area contributed by atoms with Gasteiger partial charge in [0.2, 0.25) is 5.91 Å². The van der Waals surface area contributed by atoms with Gasteiger partial charge < -0.3 is 10.6 Å². The first kappa shape index (κ1) is 18.8. The molecule has 1 aliphatic heterocycles. The molecule has 2 aliphatic rings. The lowest BCUT2D eigenvalue weighted by atomic mass is 9.71. The number of hydrogen-bond donors (Lipinski definition) is 2. The zero-order valence-electron chi connectivity index (χ0n) is 13.9. The van der Waals surface area contributed by atoms with Crippen molar-refractivity contribution >= 4 is 18.3 Å². The molecule has 0 bridgehead atoms. The van der Waals surface area contributed by atoms with Crippen molar-refractivity contribution in [1.82, 2.24) is 10.6 Å². The molecule has 0 aromatic carbocycles. The van der Waals surface area contributed by atoms with Crippen LogP contribution in [0.3, 0.4) is 0 Å². The van der Waals surface area contributed by atoms with E-state index in [1.807, 2.05) is 0 Å². The Morgan fingerprint density at radius 2 is 1.86 bits per heavy atom. The molecule has 1 saturated carbocycles. The third-order valence-corrected chi connectivity index (χ3v) is 5.42. The third kappa shape index (κ3) is 5.45. The Labute approximate surface area is 136 Å². The fourth-order valence-corrected chi connectivity index (χ4v) is 3.86. The van der Waals surface area contributed by atoms with Gasteiger partial charge in [-0.05, 0) is 50.5 Å². The molecule has 2 fully saturated rings. The summed E-state index contributed by atoms with van der Waals surface area (Å²) in [6.07, 6.45) is 8.78. The molecule has 0 aromatic heterocycles. The van der Waals surface area contributed by atoms with E-state index in [0.29, 0.717) is 6.04 Å². The summed E-state index contributed by atoms with van der Waals surface area (Å²) in [5.41, 5.74) is 0.245. The maximum atomic E-state index is 12.3. The zero-order chi connectivity index (χ0) is 14.6. The monoisotopic (exact) mass is 316 g/mol. The Kier molecular flexibility index (Phi) is 7.49. The highest BCUT2D eigenvalue weighted by atomic mass is 35.5. The summed E-state index contributed by atoms with van der Waals surface area (Å²) in [5, 5.41) is 6.65. The first-order valence-corrected chi connectivity index (χ1v) is 8.50. The van der Waals surface area contributed by atoms with Crippen LogP contribution in [-0.4, -0.2) is 25.0 Å². The Bertz CT molecular complexity index is 327. The van der Waals surface area contributed by atoms with Gasteiger partial charge in [0.05, 0.1) is 0 Å². The molecule has 0 unspecified atom stereocenters. The Morgan fingerprint density at radius 1 is 1.19 bits per heavy atom. The van der Waals surface area contributed by atoms with Gasteiger partial charge in [-0.25, -0.2) is 0 Å². The van der Waals surface area contributed by atoms with Crippen LogP contribution in [0.5, 0.6) is 0 Å². The average Bonchev–Trinajstić information content (AvgIpc) is 2.46. The van der Waals surface area contributed by atoms with Gasteiger partial charge in [-0.2, -0.15) is 0 Å². The van der Waals surface area contributed by atoms with Crippen molar-refractivity contribution in [3.05, 3.63) is 0 Å². The van der Waals surface area contributed by atoms with Crippen molar-refractivity contribution in [2.24, 2.45) is 17.3 Å². The number of carbonyl (C=O) groups is 1. The van der Waals surface area contributed by atoms with Gasteiger partial charge >= 0.3 is 0 Å². The van der Waals surface area contributed by atoms with E-state index in [1.165, 1.54) is 32.1 Å². The van der Waals surface area contributed by atoms with E-state index in [0.717, 1.165) is 31.8 Å². The molecule has 1 saturated heterocycles. The second kappa shape index (κ2) is 8.38. The van der Waals surface area contributed by atoms with E-state index in [-0.39, 0.29) is 29.6 Å². The molecule has 21 heavy (non-hydrogen) atoms. The quantitative estimate of drug-likeness (QED) is 0.833. The second-order valence-electron chi connectivity index (χ2n) is 7.62. The number of nitrogens with one attached hydrogen (secondary N) is 2. The first-order chi connectivity index (χ1) is 9.49. The lowest BCUT2D eigenvalue weighted by molar-refractivity contribution is -0.126. The van der Waals surface area contributed by atoms with E-state index in [9.17, 15) is 4.79 Å². The predicted octanol–water partition coefficient (Wildman–Crippen LogP) is 3.52. The summed E-state index contributed by atoms with van der Waals surface area (Å²) in [7, 11) is 0. The van der Waals surface area contributed by atoms with Crippen molar-refractivity contribution < 1.29 is 4.79 Å². The normalized spacial score (nSPS) is 27.8. The van der Waals surface area contributed by atoms with Crippen LogP contribution >= 0.6 is 12.4 Å². The number of rotatable bonds is 4. The van der Waals surface area contributed by atoms with E-state index in [4.69, 9.17) is 0 Å². The van der Waals surface area contributed by atoms with Gasteiger partial charge in [-0.1, -0.05) is 33.1 Å². The van der Waals surface area contributed by atoms with Gasteiger partial charge in [0.15, 0.2) is 0 Å². The largest absolute Gasteiger partial charge is 0.355 e. The van der Waals surface area contributed by atoms with E-state index >= 15 is 0 Å². The number of hydrogen-bond acceptors (Lipinski definition) is 2. The predicted molar refractivity (Wildman–Crippen MR) is 90.8 cm³/mol. The van der Waals surface area contributed by atoms with E-state index in [2.05, 4.69) is 31.4 Å². The smallest absolute Gasteiger partial charge is 0.223 e. The lowest BCUT2D eigenvalue weighted by Gasteiger charge is -2.37. The van der Waals surface area contributed by atoms with Crippen LogP contribution in [0.4, 0.5) is 0 Å². The lowest BCUT2D eigenvalue weighted by Crippen LogP contribution is -2.45. The van der Waals surface area contributed by atoms with Gasteiger partial charge in [0.25, 0.3) is 0 Å². The minimum atomic E-state index is 0. The molecule has 0 aromatic rings. The molecule has 1 amide bonds. The molecular weight excluding hydrogens is 284 g/mol. The maximum Gasteiger partial charge on any atom is 0.223 e. The van der Waals surface area contributed by atoms with Crippen LogP contribution in [0.1, 0.15) is 65.7 Å².